The van der Waals surface area contributed by atoms with Gasteiger partial charge in [0, 0.05) is 4.47 Å². The fourth-order valence-electron chi connectivity index (χ4n) is 1.12. The van der Waals surface area contributed by atoms with E-state index in [4.69, 9.17) is 0 Å². The normalized spacial score (nSPS) is 11.5. The molecule has 1 aromatic rings. The van der Waals surface area contributed by atoms with E-state index in [0.717, 1.165) is 0 Å². The highest BCUT2D eigenvalue weighted by Gasteiger charge is 2.28. The highest BCUT2D eigenvalue weighted by molar-refractivity contribution is 9.10. The largest absolute Gasteiger partial charge is 0.308 e. The zero-order chi connectivity index (χ0) is 11.6. The minimum absolute atomic E-state index is 0.101. The number of ketones is 1. The first-order chi connectivity index (χ1) is 6.88. The van der Waals surface area contributed by atoms with Crippen LogP contribution in [0, 0.1) is 5.82 Å². The Labute approximate surface area is 97.0 Å². The molecule has 0 amide bonds. The second kappa shape index (κ2) is 4.41. The summed E-state index contributed by atoms with van der Waals surface area (Å²) in [6, 6.07) is 4.35. The van der Waals surface area contributed by atoms with Crippen molar-refractivity contribution in [1.29, 1.82) is 0 Å². The standard InChI is InChI=1S/C11H13BrFNO/c1-11(2,14-3)10(15)8-6-7(12)4-5-9(8)13/h4-6,14H,1-3H3. The monoisotopic (exact) mass is 273 g/mol. The van der Waals surface area contributed by atoms with Gasteiger partial charge in [0.25, 0.3) is 0 Å². The molecule has 82 valence electrons. The third-order valence-corrected chi connectivity index (χ3v) is 2.86. The lowest BCUT2D eigenvalue weighted by Crippen LogP contribution is -2.44. The molecule has 0 aliphatic rings. The number of nitrogens with one attached hydrogen (secondary N) is 1. The number of hydrogen-bond acceptors (Lipinski definition) is 2. The molecule has 0 spiro atoms. The molecule has 0 saturated heterocycles. The maximum atomic E-state index is 13.4. The van der Waals surface area contributed by atoms with Crippen LogP contribution in [0.1, 0.15) is 24.2 Å². The Morgan fingerprint density at radius 1 is 1.47 bits per heavy atom. The molecule has 0 saturated carbocycles. The fourth-order valence-corrected chi connectivity index (χ4v) is 1.48. The minimum Gasteiger partial charge on any atom is -0.308 e. The molecule has 0 atom stereocenters. The molecular formula is C11H13BrFNO. The summed E-state index contributed by atoms with van der Waals surface area (Å²) in [6.45, 7) is 3.44. The van der Waals surface area contributed by atoms with Crippen molar-refractivity contribution in [3.8, 4) is 0 Å². The van der Waals surface area contributed by atoms with Crippen LogP contribution >= 0.6 is 15.9 Å². The molecule has 0 aliphatic carbocycles. The Bertz CT molecular complexity index is 390. The first-order valence-corrected chi connectivity index (χ1v) is 5.36. The molecule has 15 heavy (non-hydrogen) atoms. The van der Waals surface area contributed by atoms with Gasteiger partial charge < -0.3 is 5.32 Å². The van der Waals surface area contributed by atoms with Crippen LogP contribution in [0.5, 0.6) is 0 Å². The Morgan fingerprint density at radius 3 is 2.60 bits per heavy atom. The van der Waals surface area contributed by atoms with Crippen molar-refractivity contribution in [3.05, 3.63) is 34.1 Å². The van der Waals surface area contributed by atoms with Crippen LogP contribution in [-0.4, -0.2) is 18.4 Å². The lowest BCUT2D eigenvalue weighted by atomic mass is 9.93. The molecule has 0 heterocycles. The summed E-state index contributed by atoms with van der Waals surface area (Å²) in [5.41, 5.74) is -0.662. The smallest absolute Gasteiger partial charge is 0.185 e. The van der Waals surface area contributed by atoms with Crippen molar-refractivity contribution in [2.75, 3.05) is 7.05 Å². The molecule has 1 N–H and O–H groups in total. The van der Waals surface area contributed by atoms with Crippen molar-refractivity contribution < 1.29 is 9.18 Å². The van der Waals surface area contributed by atoms with E-state index in [0.29, 0.717) is 4.47 Å². The van der Waals surface area contributed by atoms with Gasteiger partial charge in [-0.2, -0.15) is 0 Å². The quantitative estimate of drug-likeness (QED) is 0.859. The van der Waals surface area contributed by atoms with Crippen LogP contribution < -0.4 is 5.32 Å². The lowest BCUT2D eigenvalue weighted by Gasteiger charge is -2.22. The molecule has 0 radical (unpaired) electrons. The van der Waals surface area contributed by atoms with Gasteiger partial charge in [-0.25, -0.2) is 4.39 Å². The van der Waals surface area contributed by atoms with Crippen molar-refractivity contribution in [1.82, 2.24) is 5.32 Å². The number of rotatable bonds is 3. The van der Waals surface area contributed by atoms with E-state index in [-0.39, 0.29) is 11.3 Å². The Hall–Kier alpha value is -0.740. The molecular weight excluding hydrogens is 261 g/mol. The Balaban J connectivity index is 3.17. The number of likely N-dealkylation sites (N-methyl/N-ethyl adjacent to an activating group) is 1. The average Bonchev–Trinajstić information content (AvgIpc) is 2.20. The van der Waals surface area contributed by atoms with Crippen molar-refractivity contribution in [2.24, 2.45) is 0 Å². The third kappa shape index (κ3) is 2.63. The molecule has 0 unspecified atom stereocenters. The molecule has 4 heteroatoms. The predicted molar refractivity (Wildman–Crippen MR) is 61.6 cm³/mol. The van der Waals surface area contributed by atoms with Crippen LogP contribution in [0.3, 0.4) is 0 Å². The lowest BCUT2D eigenvalue weighted by molar-refractivity contribution is 0.0885. The van der Waals surface area contributed by atoms with Crippen molar-refractivity contribution in [2.45, 2.75) is 19.4 Å². The van der Waals surface area contributed by atoms with Crippen LogP contribution in [0.25, 0.3) is 0 Å². The number of carbonyl (C=O) groups is 1. The van der Waals surface area contributed by atoms with Crippen LogP contribution in [0.4, 0.5) is 4.39 Å². The summed E-state index contributed by atoms with van der Waals surface area (Å²) in [7, 11) is 1.67. The second-order valence-corrected chi connectivity index (χ2v) is 4.74. The summed E-state index contributed by atoms with van der Waals surface area (Å²) in [6.07, 6.45) is 0. The summed E-state index contributed by atoms with van der Waals surface area (Å²) < 4.78 is 14.1. The van der Waals surface area contributed by atoms with Gasteiger partial charge in [-0.1, -0.05) is 15.9 Å². The SMILES string of the molecule is CNC(C)(C)C(=O)c1cc(Br)ccc1F. The highest BCUT2D eigenvalue weighted by Crippen LogP contribution is 2.20. The third-order valence-electron chi connectivity index (χ3n) is 2.37. The first kappa shape index (κ1) is 12.3. The minimum atomic E-state index is -0.762. The van der Waals surface area contributed by atoms with Crippen LogP contribution in [-0.2, 0) is 0 Å². The van der Waals surface area contributed by atoms with E-state index in [1.54, 1.807) is 27.0 Å². The van der Waals surface area contributed by atoms with E-state index < -0.39 is 11.4 Å². The number of Topliss-reactive ketones (excluding diaryl/α,β-unsaturated/α-hetero) is 1. The van der Waals surface area contributed by atoms with Gasteiger partial charge in [-0.15, -0.1) is 0 Å². The van der Waals surface area contributed by atoms with E-state index in [2.05, 4.69) is 21.2 Å². The Kier molecular flexibility index (Phi) is 3.62. The van der Waals surface area contributed by atoms with Gasteiger partial charge in [0.15, 0.2) is 5.78 Å². The second-order valence-electron chi connectivity index (χ2n) is 3.83. The van der Waals surface area contributed by atoms with E-state index in [1.807, 2.05) is 0 Å². The Morgan fingerprint density at radius 2 is 2.07 bits per heavy atom. The van der Waals surface area contributed by atoms with Gasteiger partial charge in [0.1, 0.15) is 5.82 Å². The summed E-state index contributed by atoms with van der Waals surface area (Å²) in [5.74, 6) is -0.754. The summed E-state index contributed by atoms with van der Waals surface area (Å²) in [4.78, 5) is 11.9. The van der Waals surface area contributed by atoms with Gasteiger partial charge in [0.2, 0.25) is 0 Å². The number of benzene rings is 1. The maximum absolute atomic E-state index is 13.4. The van der Waals surface area contributed by atoms with Crippen LogP contribution in [0.2, 0.25) is 0 Å². The van der Waals surface area contributed by atoms with Crippen molar-refractivity contribution in [3.63, 3.8) is 0 Å². The number of carbonyl (C=O) groups excluding carboxylic acids is 1. The highest BCUT2D eigenvalue weighted by atomic mass is 79.9. The van der Waals surface area contributed by atoms with Gasteiger partial charge in [-0.05, 0) is 39.1 Å². The fraction of sp³-hybridized carbons (Fsp3) is 0.364. The van der Waals surface area contributed by atoms with Gasteiger partial charge >= 0.3 is 0 Å². The zero-order valence-electron chi connectivity index (χ0n) is 8.90. The molecule has 2 nitrogen and oxygen atoms in total. The van der Waals surface area contributed by atoms with Gasteiger partial charge in [0.05, 0.1) is 11.1 Å². The molecule has 0 bridgehead atoms. The first-order valence-electron chi connectivity index (χ1n) is 4.57. The molecule has 0 aromatic heterocycles. The van der Waals surface area contributed by atoms with Crippen LogP contribution in [0.15, 0.2) is 22.7 Å². The van der Waals surface area contributed by atoms with E-state index in [1.165, 1.54) is 12.1 Å². The molecule has 0 fully saturated rings. The zero-order valence-corrected chi connectivity index (χ0v) is 10.5. The van der Waals surface area contributed by atoms with Crippen molar-refractivity contribution >= 4 is 21.7 Å². The summed E-state index contributed by atoms with van der Waals surface area (Å²) in [5, 5.41) is 2.85. The summed E-state index contributed by atoms with van der Waals surface area (Å²) >= 11 is 3.21. The molecule has 0 aliphatic heterocycles. The topological polar surface area (TPSA) is 29.1 Å². The van der Waals surface area contributed by atoms with E-state index in [9.17, 15) is 9.18 Å². The van der Waals surface area contributed by atoms with Gasteiger partial charge in [-0.3, -0.25) is 4.79 Å². The molecule has 1 rings (SSSR count). The maximum Gasteiger partial charge on any atom is 0.185 e. The number of halogens is 2. The number of hydrogen-bond donors (Lipinski definition) is 1. The predicted octanol–water partition coefficient (Wildman–Crippen LogP) is 2.77. The molecule has 1 aromatic carbocycles. The van der Waals surface area contributed by atoms with E-state index >= 15 is 0 Å². The average molecular weight is 274 g/mol.